The van der Waals surface area contributed by atoms with E-state index in [1.165, 1.54) is 30.3 Å². The van der Waals surface area contributed by atoms with Gasteiger partial charge in [0, 0.05) is 5.39 Å². The number of carbonyl (C=O) groups is 1. The summed E-state index contributed by atoms with van der Waals surface area (Å²) in [4.78, 5) is 11.2. The molecule has 0 aliphatic heterocycles. The summed E-state index contributed by atoms with van der Waals surface area (Å²) in [7, 11) is -3.91. The van der Waals surface area contributed by atoms with Crippen LogP contribution < -0.4 is 0 Å². The predicted molar refractivity (Wildman–Crippen MR) is 76.3 cm³/mol. The van der Waals surface area contributed by atoms with E-state index in [0.717, 1.165) is 10.0 Å². The summed E-state index contributed by atoms with van der Waals surface area (Å²) in [6.45, 7) is 0. The van der Waals surface area contributed by atoms with E-state index >= 15 is 0 Å². The van der Waals surface area contributed by atoms with Gasteiger partial charge in [-0.2, -0.15) is 0 Å². The molecule has 6 heteroatoms. The molecule has 1 heterocycles. The number of carbonyl (C=O) groups excluding carboxylic acids is 1. The topological polar surface area (TPSA) is 56.1 Å². The van der Waals surface area contributed by atoms with E-state index in [2.05, 4.69) is 0 Å². The maximum atomic E-state index is 13.3. The highest BCUT2D eigenvalue weighted by atomic mass is 32.2. The zero-order valence-corrected chi connectivity index (χ0v) is 11.5. The van der Waals surface area contributed by atoms with Crippen LogP contribution >= 0.6 is 0 Å². The van der Waals surface area contributed by atoms with Crippen molar-refractivity contribution in [3.05, 3.63) is 66.1 Å². The molecule has 2 aromatic carbocycles. The largest absolute Gasteiger partial charge is 0.296 e. The van der Waals surface area contributed by atoms with E-state index < -0.39 is 15.8 Å². The Morgan fingerprint density at radius 3 is 2.38 bits per heavy atom. The highest BCUT2D eigenvalue weighted by Gasteiger charge is 2.22. The molecular formula is C15H10FNO3S. The van der Waals surface area contributed by atoms with Gasteiger partial charge in [-0.3, -0.25) is 4.79 Å². The second kappa shape index (κ2) is 4.82. The first-order valence-corrected chi connectivity index (χ1v) is 7.55. The summed E-state index contributed by atoms with van der Waals surface area (Å²) in [5, 5.41) is 0.358. The third-order valence-electron chi connectivity index (χ3n) is 3.15. The molecule has 0 saturated heterocycles. The molecule has 1 aromatic heterocycles. The maximum Gasteiger partial charge on any atom is 0.268 e. The van der Waals surface area contributed by atoms with E-state index in [1.807, 2.05) is 0 Å². The third-order valence-corrected chi connectivity index (χ3v) is 4.90. The molecular weight excluding hydrogens is 293 g/mol. The van der Waals surface area contributed by atoms with Crippen LogP contribution in [-0.4, -0.2) is 18.7 Å². The molecule has 0 spiro atoms. The SMILES string of the molecule is O=Cc1cc2cc(F)ccc2n1S(=O)(=O)c1ccccc1. The van der Waals surface area contributed by atoms with Crippen molar-refractivity contribution in [1.82, 2.24) is 3.97 Å². The lowest BCUT2D eigenvalue weighted by molar-refractivity contribution is 0.111. The molecule has 0 atom stereocenters. The average molecular weight is 303 g/mol. The van der Waals surface area contributed by atoms with E-state index in [1.54, 1.807) is 18.2 Å². The summed E-state index contributed by atoms with van der Waals surface area (Å²) >= 11 is 0. The number of benzene rings is 2. The molecule has 0 bridgehead atoms. The lowest BCUT2D eigenvalue weighted by atomic mass is 10.2. The second-order valence-corrected chi connectivity index (χ2v) is 6.26. The molecule has 0 radical (unpaired) electrons. The Morgan fingerprint density at radius 2 is 1.71 bits per heavy atom. The van der Waals surface area contributed by atoms with Crippen molar-refractivity contribution in [3.8, 4) is 0 Å². The van der Waals surface area contributed by atoms with Crippen molar-refractivity contribution in [3.63, 3.8) is 0 Å². The van der Waals surface area contributed by atoms with Gasteiger partial charge in [0.25, 0.3) is 10.0 Å². The van der Waals surface area contributed by atoms with Gasteiger partial charge >= 0.3 is 0 Å². The Balaban J connectivity index is 2.36. The number of nitrogens with zero attached hydrogens (tertiary/aromatic N) is 1. The minimum Gasteiger partial charge on any atom is -0.296 e. The molecule has 3 aromatic rings. The maximum absolute atomic E-state index is 13.3. The number of hydrogen-bond donors (Lipinski definition) is 0. The fraction of sp³-hybridized carbons (Fsp3) is 0. The van der Waals surface area contributed by atoms with Crippen molar-refractivity contribution >= 4 is 27.2 Å². The summed E-state index contributed by atoms with van der Waals surface area (Å²) in [5.41, 5.74) is 0.224. The fourth-order valence-corrected chi connectivity index (χ4v) is 3.74. The fourth-order valence-electron chi connectivity index (χ4n) is 2.23. The van der Waals surface area contributed by atoms with Crippen molar-refractivity contribution in [2.45, 2.75) is 4.90 Å². The van der Waals surface area contributed by atoms with Gasteiger partial charge in [0.1, 0.15) is 5.82 Å². The van der Waals surface area contributed by atoms with Crippen LogP contribution in [-0.2, 0) is 10.0 Å². The normalized spacial score (nSPS) is 11.7. The molecule has 0 amide bonds. The van der Waals surface area contributed by atoms with Gasteiger partial charge in [0.2, 0.25) is 0 Å². The van der Waals surface area contributed by atoms with Crippen LogP contribution in [0.2, 0.25) is 0 Å². The van der Waals surface area contributed by atoms with E-state index in [-0.39, 0.29) is 16.1 Å². The second-order valence-electron chi connectivity index (χ2n) is 4.47. The molecule has 21 heavy (non-hydrogen) atoms. The Hall–Kier alpha value is -2.47. The number of aromatic nitrogens is 1. The van der Waals surface area contributed by atoms with Crippen LogP contribution in [0.4, 0.5) is 4.39 Å². The van der Waals surface area contributed by atoms with Gasteiger partial charge < -0.3 is 0 Å². The predicted octanol–water partition coefficient (Wildman–Crippen LogP) is 2.83. The smallest absolute Gasteiger partial charge is 0.268 e. The van der Waals surface area contributed by atoms with Crippen LogP contribution in [0.25, 0.3) is 10.9 Å². The molecule has 3 rings (SSSR count). The van der Waals surface area contributed by atoms with Crippen molar-refractivity contribution in [2.75, 3.05) is 0 Å². The quantitative estimate of drug-likeness (QED) is 0.699. The van der Waals surface area contributed by atoms with Gasteiger partial charge in [-0.15, -0.1) is 0 Å². The minimum atomic E-state index is -3.91. The highest BCUT2D eigenvalue weighted by molar-refractivity contribution is 7.90. The minimum absolute atomic E-state index is 0.0422. The first kappa shape index (κ1) is 13.5. The summed E-state index contributed by atoms with van der Waals surface area (Å²) < 4.78 is 39.6. The van der Waals surface area contributed by atoms with Gasteiger partial charge in [-0.05, 0) is 36.4 Å². The van der Waals surface area contributed by atoms with Crippen LogP contribution in [0.5, 0.6) is 0 Å². The van der Waals surface area contributed by atoms with E-state index in [0.29, 0.717) is 11.7 Å². The van der Waals surface area contributed by atoms with Crippen LogP contribution in [0.15, 0.2) is 59.5 Å². The van der Waals surface area contributed by atoms with Crippen molar-refractivity contribution in [2.24, 2.45) is 0 Å². The van der Waals surface area contributed by atoms with Crippen molar-refractivity contribution in [1.29, 1.82) is 0 Å². The first-order chi connectivity index (χ1) is 10.0. The molecule has 4 nitrogen and oxygen atoms in total. The summed E-state index contributed by atoms with van der Waals surface area (Å²) in [6, 6.07) is 12.8. The van der Waals surface area contributed by atoms with Gasteiger partial charge in [-0.1, -0.05) is 18.2 Å². The molecule has 0 fully saturated rings. The summed E-state index contributed by atoms with van der Waals surface area (Å²) in [5.74, 6) is -0.491. The van der Waals surface area contributed by atoms with E-state index in [9.17, 15) is 17.6 Å². The molecule has 0 saturated carbocycles. The molecule has 0 N–H and O–H groups in total. The number of rotatable bonds is 3. The third kappa shape index (κ3) is 2.13. The molecule has 0 aliphatic carbocycles. The van der Waals surface area contributed by atoms with Crippen LogP contribution in [0.3, 0.4) is 0 Å². The van der Waals surface area contributed by atoms with Crippen molar-refractivity contribution < 1.29 is 17.6 Å². The van der Waals surface area contributed by atoms with Gasteiger partial charge in [0.05, 0.1) is 16.1 Å². The monoisotopic (exact) mass is 303 g/mol. The zero-order valence-electron chi connectivity index (χ0n) is 10.7. The van der Waals surface area contributed by atoms with E-state index in [4.69, 9.17) is 0 Å². The highest BCUT2D eigenvalue weighted by Crippen LogP contribution is 2.25. The Labute approximate surface area is 120 Å². The standard InChI is InChI=1S/C15H10FNO3S/c16-12-6-7-15-11(8-12)9-13(10-18)17(15)21(19,20)14-4-2-1-3-5-14/h1-10H. The van der Waals surface area contributed by atoms with Gasteiger partial charge in [-0.25, -0.2) is 16.8 Å². The number of hydrogen-bond acceptors (Lipinski definition) is 3. The average Bonchev–Trinajstić information content (AvgIpc) is 2.86. The summed E-state index contributed by atoms with van der Waals surface area (Å²) in [6.07, 6.45) is 0.443. The molecule has 0 aliphatic rings. The number of fused-ring (bicyclic) bond motifs is 1. The Morgan fingerprint density at radius 1 is 1.00 bits per heavy atom. The van der Waals surface area contributed by atoms with Crippen LogP contribution in [0.1, 0.15) is 10.5 Å². The Bertz CT molecular complexity index is 930. The lowest BCUT2D eigenvalue weighted by Gasteiger charge is -2.09. The molecule has 0 unspecified atom stereocenters. The van der Waals surface area contributed by atoms with Gasteiger partial charge in [0.15, 0.2) is 6.29 Å². The zero-order chi connectivity index (χ0) is 15.0. The lowest BCUT2D eigenvalue weighted by Crippen LogP contribution is -2.15. The van der Waals surface area contributed by atoms with Crippen LogP contribution in [0, 0.1) is 5.82 Å². The Kier molecular flexibility index (Phi) is 3.10. The number of aldehydes is 1. The number of halogens is 1. The first-order valence-electron chi connectivity index (χ1n) is 6.11. The molecule has 106 valence electrons.